The van der Waals surface area contributed by atoms with Crippen LogP contribution in [0.1, 0.15) is 33.1 Å². The van der Waals surface area contributed by atoms with Crippen LogP contribution in [0.3, 0.4) is 0 Å². The summed E-state index contributed by atoms with van der Waals surface area (Å²) in [4.78, 5) is 0. The lowest BCUT2D eigenvalue weighted by atomic mass is 9.74. The molecular formula is C12H23N2O2+. The highest BCUT2D eigenvalue weighted by Crippen LogP contribution is 2.31. The fourth-order valence-corrected chi connectivity index (χ4v) is 2.37. The third kappa shape index (κ3) is 2.83. The molecule has 1 fully saturated rings. The SMILES string of the molecule is C=C(C)[C@H]1CC[C@@](C)([NH2+]CCO)/C(=N\O)C1. The Morgan fingerprint density at radius 3 is 2.88 bits per heavy atom. The number of quaternary nitrogens is 1. The smallest absolute Gasteiger partial charge is 0.135 e. The largest absolute Gasteiger partial charge is 0.411 e. The maximum Gasteiger partial charge on any atom is 0.135 e. The maximum atomic E-state index is 9.10. The lowest BCUT2D eigenvalue weighted by Crippen LogP contribution is -2.99. The van der Waals surface area contributed by atoms with Crippen LogP contribution >= 0.6 is 0 Å². The number of aliphatic hydroxyl groups is 1. The zero-order chi connectivity index (χ0) is 12.2. The molecular weight excluding hydrogens is 204 g/mol. The zero-order valence-corrected chi connectivity index (χ0v) is 10.2. The lowest BCUT2D eigenvalue weighted by molar-refractivity contribution is -0.709. The summed E-state index contributed by atoms with van der Waals surface area (Å²) < 4.78 is 0. The van der Waals surface area contributed by atoms with E-state index in [-0.39, 0.29) is 12.1 Å². The van der Waals surface area contributed by atoms with Crippen LogP contribution < -0.4 is 5.32 Å². The molecule has 0 heterocycles. The Hall–Kier alpha value is -0.870. The average molecular weight is 227 g/mol. The van der Waals surface area contributed by atoms with Gasteiger partial charge in [-0.3, -0.25) is 0 Å². The first kappa shape index (κ1) is 13.2. The number of allylic oxidation sites excluding steroid dienone is 1. The minimum absolute atomic E-state index is 0.151. The molecule has 0 radical (unpaired) electrons. The summed E-state index contributed by atoms with van der Waals surface area (Å²) in [7, 11) is 0. The normalized spacial score (nSPS) is 32.9. The van der Waals surface area contributed by atoms with Gasteiger partial charge < -0.3 is 15.6 Å². The lowest BCUT2D eigenvalue weighted by Gasteiger charge is -2.36. The second-order valence-corrected chi connectivity index (χ2v) is 4.97. The van der Waals surface area contributed by atoms with Crippen LogP contribution in [0.4, 0.5) is 0 Å². The van der Waals surface area contributed by atoms with Crippen molar-refractivity contribution in [3.8, 4) is 0 Å². The molecule has 0 spiro atoms. The summed E-state index contributed by atoms with van der Waals surface area (Å²) in [5, 5.41) is 23.5. The van der Waals surface area contributed by atoms with Crippen molar-refractivity contribution in [1.29, 1.82) is 0 Å². The Morgan fingerprint density at radius 1 is 1.69 bits per heavy atom. The minimum atomic E-state index is -0.163. The van der Waals surface area contributed by atoms with E-state index in [1.54, 1.807) is 0 Å². The Balaban J connectivity index is 2.72. The molecule has 1 saturated carbocycles. The van der Waals surface area contributed by atoms with Crippen LogP contribution in [-0.2, 0) is 0 Å². The van der Waals surface area contributed by atoms with Gasteiger partial charge >= 0.3 is 0 Å². The summed E-state index contributed by atoms with van der Waals surface area (Å²) in [6, 6.07) is 0. The van der Waals surface area contributed by atoms with E-state index in [0.717, 1.165) is 30.5 Å². The predicted molar refractivity (Wildman–Crippen MR) is 63.7 cm³/mol. The summed E-state index contributed by atoms with van der Waals surface area (Å²) in [5.74, 6) is 0.432. The van der Waals surface area contributed by atoms with Gasteiger partial charge in [-0.15, -0.1) is 0 Å². The molecule has 0 aromatic rings. The van der Waals surface area contributed by atoms with Gasteiger partial charge in [-0.25, -0.2) is 0 Å². The highest BCUT2D eigenvalue weighted by atomic mass is 16.4. The summed E-state index contributed by atoms with van der Waals surface area (Å²) >= 11 is 0. The van der Waals surface area contributed by atoms with Crippen LogP contribution in [0, 0.1) is 5.92 Å². The Morgan fingerprint density at radius 2 is 2.38 bits per heavy atom. The van der Waals surface area contributed by atoms with E-state index in [1.165, 1.54) is 0 Å². The van der Waals surface area contributed by atoms with Crippen molar-refractivity contribution in [2.45, 2.75) is 38.6 Å². The molecule has 0 aromatic carbocycles. The molecule has 0 unspecified atom stereocenters. The molecule has 0 saturated heterocycles. The van der Waals surface area contributed by atoms with E-state index >= 15 is 0 Å². The van der Waals surface area contributed by atoms with Gasteiger partial charge in [-0.2, -0.15) is 0 Å². The topological polar surface area (TPSA) is 69.4 Å². The molecule has 92 valence electrons. The van der Waals surface area contributed by atoms with Crippen LogP contribution in [0.5, 0.6) is 0 Å². The van der Waals surface area contributed by atoms with Crippen LogP contribution in [0.2, 0.25) is 0 Å². The van der Waals surface area contributed by atoms with Crippen molar-refractivity contribution in [2.75, 3.05) is 13.2 Å². The molecule has 1 rings (SSSR count). The van der Waals surface area contributed by atoms with Crippen LogP contribution in [0.25, 0.3) is 0 Å². The number of rotatable bonds is 4. The van der Waals surface area contributed by atoms with Gasteiger partial charge in [-0.05, 0) is 26.2 Å². The molecule has 0 aromatic heterocycles. The number of hydrogen-bond acceptors (Lipinski definition) is 3. The van der Waals surface area contributed by atoms with Crippen molar-refractivity contribution < 1.29 is 15.6 Å². The van der Waals surface area contributed by atoms with Crippen molar-refractivity contribution in [2.24, 2.45) is 11.1 Å². The predicted octanol–water partition coefficient (Wildman–Crippen LogP) is 0.507. The number of nitrogens with two attached hydrogens (primary N) is 1. The molecule has 0 aliphatic heterocycles. The molecule has 4 nitrogen and oxygen atoms in total. The first-order chi connectivity index (χ1) is 7.53. The zero-order valence-electron chi connectivity index (χ0n) is 10.2. The summed E-state index contributed by atoms with van der Waals surface area (Å²) in [6.45, 7) is 8.87. The van der Waals surface area contributed by atoms with Crippen LogP contribution in [-0.4, -0.2) is 34.7 Å². The van der Waals surface area contributed by atoms with Gasteiger partial charge in [0.2, 0.25) is 0 Å². The quantitative estimate of drug-likeness (QED) is 0.372. The molecule has 1 aliphatic carbocycles. The average Bonchev–Trinajstić information content (AvgIpc) is 2.26. The standard InChI is InChI=1S/C12H22N2O2/c1-9(2)10-4-5-12(3,13-6-7-15)11(8-10)14-16/h10,13,15-16H,1,4-8H2,2-3H3/p+1/b14-11-/t10-,12+/m0/s1. The Kier molecular flexibility index (Phi) is 4.50. The summed E-state index contributed by atoms with van der Waals surface area (Å²) in [5.41, 5.74) is 1.81. The van der Waals surface area contributed by atoms with E-state index in [1.807, 2.05) is 6.92 Å². The second kappa shape index (κ2) is 5.46. The number of aliphatic hydroxyl groups excluding tert-OH is 1. The number of nitrogens with zero attached hydrogens (tertiary/aromatic N) is 1. The van der Waals surface area contributed by atoms with Crippen molar-refractivity contribution in [3.05, 3.63) is 12.2 Å². The molecule has 1 aliphatic rings. The first-order valence-corrected chi connectivity index (χ1v) is 5.85. The second-order valence-electron chi connectivity index (χ2n) is 4.97. The van der Waals surface area contributed by atoms with E-state index in [4.69, 9.17) is 10.3 Å². The highest BCUT2D eigenvalue weighted by Gasteiger charge is 2.40. The maximum absolute atomic E-state index is 9.10. The molecule has 0 amide bonds. The fraction of sp³-hybridized carbons (Fsp3) is 0.750. The van der Waals surface area contributed by atoms with Crippen molar-refractivity contribution >= 4 is 5.71 Å². The third-order valence-electron chi connectivity index (χ3n) is 3.65. The van der Waals surface area contributed by atoms with Gasteiger partial charge in [0.25, 0.3) is 0 Å². The first-order valence-electron chi connectivity index (χ1n) is 5.85. The van der Waals surface area contributed by atoms with E-state index in [0.29, 0.717) is 12.5 Å². The molecule has 16 heavy (non-hydrogen) atoms. The van der Waals surface area contributed by atoms with Crippen LogP contribution in [0.15, 0.2) is 17.3 Å². The Labute approximate surface area is 97.0 Å². The summed E-state index contributed by atoms with van der Waals surface area (Å²) in [6.07, 6.45) is 2.82. The number of oxime groups is 1. The number of hydrogen-bond donors (Lipinski definition) is 3. The molecule has 4 N–H and O–H groups in total. The van der Waals surface area contributed by atoms with E-state index in [2.05, 4.69) is 24.0 Å². The fourth-order valence-electron chi connectivity index (χ4n) is 2.37. The third-order valence-corrected chi connectivity index (χ3v) is 3.65. The van der Waals surface area contributed by atoms with Crippen molar-refractivity contribution in [1.82, 2.24) is 0 Å². The van der Waals surface area contributed by atoms with Gasteiger partial charge in [0.1, 0.15) is 11.3 Å². The monoisotopic (exact) mass is 227 g/mol. The van der Waals surface area contributed by atoms with Crippen molar-refractivity contribution in [3.63, 3.8) is 0 Å². The van der Waals surface area contributed by atoms with Gasteiger partial charge in [0, 0.05) is 12.8 Å². The van der Waals surface area contributed by atoms with E-state index < -0.39 is 0 Å². The molecule has 2 atom stereocenters. The molecule has 4 heteroatoms. The van der Waals surface area contributed by atoms with Gasteiger partial charge in [-0.1, -0.05) is 17.3 Å². The van der Waals surface area contributed by atoms with Gasteiger partial charge in [0.05, 0.1) is 13.2 Å². The van der Waals surface area contributed by atoms with E-state index in [9.17, 15) is 0 Å². The highest BCUT2D eigenvalue weighted by molar-refractivity contribution is 5.92. The minimum Gasteiger partial charge on any atom is -0.411 e. The van der Waals surface area contributed by atoms with Gasteiger partial charge in [0.15, 0.2) is 0 Å². The molecule has 0 bridgehead atoms. The Bertz CT molecular complexity index is 289.